The van der Waals surface area contributed by atoms with Crippen LogP contribution in [0.1, 0.15) is 19.8 Å². The minimum Gasteiger partial charge on any atom is -0.496 e. The first-order valence-electron chi connectivity index (χ1n) is 9.93. The van der Waals surface area contributed by atoms with Crippen LogP contribution in [0.5, 0.6) is 5.75 Å². The Balaban J connectivity index is 1.56. The van der Waals surface area contributed by atoms with Gasteiger partial charge in [-0.2, -0.15) is 15.3 Å². The lowest BCUT2D eigenvalue weighted by Gasteiger charge is -2.16. The molecule has 0 spiro atoms. The number of rotatable bonds is 6. The number of methoxy groups -OCH3 is 1. The van der Waals surface area contributed by atoms with Crippen molar-refractivity contribution >= 4 is 16.6 Å². The van der Waals surface area contributed by atoms with Crippen LogP contribution in [0.4, 0.5) is 5.69 Å². The zero-order valence-corrected chi connectivity index (χ0v) is 16.5. The van der Waals surface area contributed by atoms with Crippen LogP contribution in [0.2, 0.25) is 0 Å². The largest absolute Gasteiger partial charge is 0.496 e. The zero-order chi connectivity index (χ0) is 19.8. The molecule has 6 heteroatoms. The van der Waals surface area contributed by atoms with E-state index in [4.69, 9.17) is 4.74 Å². The number of hydrogen-bond donors (Lipinski definition) is 1. The molecule has 0 unspecified atom stereocenters. The molecule has 4 aromatic rings. The van der Waals surface area contributed by atoms with E-state index in [-0.39, 0.29) is 0 Å². The van der Waals surface area contributed by atoms with Crippen LogP contribution < -0.4 is 10.1 Å². The van der Waals surface area contributed by atoms with Crippen molar-refractivity contribution < 1.29 is 4.74 Å². The Kier molecular flexibility index (Phi) is 4.39. The van der Waals surface area contributed by atoms with Crippen molar-refractivity contribution in [3.63, 3.8) is 0 Å². The molecule has 0 bridgehead atoms. The Morgan fingerprint density at radius 3 is 2.83 bits per heavy atom. The zero-order valence-electron chi connectivity index (χ0n) is 16.5. The number of benzene rings is 2. The minimum absolute atomic E-state index is 0.452. The Labute approximate surface area is 169 Å². The van der Waals surface area contributed by atoms with Gasteiger partial charge in [0.05, 0.1) is 30.2 Å². The molecule has 6 nitrogen and oxygen atoms in total. The number of ether oxygens (including phenoxy) is 1. The van der Waals surface area contributed by atoms with E-state index in [1.807, 2.05) is 35.3 Å². The fourth-order valence-electron chi connectivity index (χ4n) is 3.79. The van der Waals surface area contributed by atoms with Crippen LogP contribution in [0.25, 0.3) is 27.7 Å². The first kappa shape index (κ1) is 17.7. The first-order valence-corrected chi connectivity index (χ1v) is 9.93. The summed E-state index contributed by atoms with van der Waals surface area (Å²) in [6.45, 7) is 2.24. The van der Waals surface area contributed by atoms with Crippen molar-refractivity contribution in [3.05, 3.63) is 61.1 Å². The molecule has 2 heterocycles. The number of fused-ring (bicyclic) bond motifs is 1. The minimum atomic E-state index is 0.452. The normalized spacial score (nSPS) is 14.7. The van der Waals surface area contributed by atoms with Gasteiger partial charge >= 0.3 is 0 Å². The van der Waals surface area contributed by atoms with Crippen LogP contribution in [-0.2, 0) is 0 Å². The number of aromatic nitrogens is 4. The fourth-order valence-corrected chi connectivity index (χ4v) is 3.79. The van der Waals surface area contributed by atoms with Crippen molar-refractivity contribution in [2.24, 2.45) is 5.92 Å². The van der Waals surface area contributed by atoms with Crippen molar-refractivity contribution in [2.75, 3.05) is 12.4 Å². The average molecular weight is 385 g/mol. The van der Waals surface area contributed by atoms with Crippen molar-refractivity contribution in [2.45, 2.75) is 25.8 Å². The van der Waals surface area contributed by atoms with E-state index >= 15 is 0 Å². The molecule has 0 aliphatic heterocycles. The number of nitrogens with zero attached hydrogens (tertiary/aromatic N) is 4. The summed E-state index contributed by atoms with van der Waals surface area (Å²) in [5.41, 5.74) is 4.91. The number of anilines is 1. The summed E-state index contributed by atoms with van der Waals surface area (Å²) >= 11 is 0. The fraction of sp³-hybridized carbons (Fsp3) is 0.261. The molecule has 1 atom stereocenters. The number of hydrogen-bond acceptors (Lipinski definition) is 5. The molecular weight excluding hydrogens is 362 g/mol. The van der Waals surface area contributed by atoms with E-state index < -0.39 is 0 Å². The van der Waals surface area contributed by atoms with Gasteiger partial charge in [0.25, 0.3) is 0 Å². The van der Waals surface area contributed by atoms with Gasteiger partial charge < -0.3 is 10.1 Å². The molecule has 1 saturated carbocycles. The molecule has 146 valence electrons. The summed E-state index contributed by atoms with van der Waals surface area (Å²) in [6.07, 6.45) is 8.13. The SMILES string of the molecule is COc1ccc(-n2cccn2)cc1-c1ccc2c(N[C@H](C)C3CC3)cnnc2c1. The molecular formula is C23H23N5O. The van der Waals surface area contributed by atoms with E-state index in [9.17, 15) is 0 Å². The molecule has 5 rings (SSSR count). The predicted octanol–water partition coefficient (Wildman–Crippen LogP) is 4.70. The van der Waals surface area contributed by atoms with Gasteiger partial charge in [-0.05, 0) is 67.6 Å². The third kappa shape index (κ3) is 3.42. The van der Waals surface area contributed by atoms with Gasteiger partial charge in [-0.15, -0.1) is 0 Å². The quantitative estimate of drug-likeness (QED) is 0.521. The Morgan fingerprint density at radius 1 is 1.17 bits per heavy atom. The van der Waals surface area contributed by atoms with E-state index in [0.717, 1.165) is 45.1 Å². The van der Waals surface area contributed by atoms with Crippen LogP contribution in [-0.4, -0.2) is 33.1 Å². The lowest BCUT2D eigenvalue weighted by Crippen LogP contribution is -2.17. The molecule has 1 fully saturated rings. The van der Waals surface area contributed by atoms with Gasteiger partial charge in [-0.25, -0.2) is 4.68 Å². The van der Waals surface area contributed by atoms with Gasteiger partial charge in [0.1, 0.15) is 5.75 Å². The Hall–Kier alpha value is -3.41. The van der Waals surface area contributed by atoms with Crippen molar-refractivity contribution in [3.8, 4) is 22.6 Å². The summed E-state index contributed by atoms with van der Waals surface area (Å²) in [5.74, 6) is 1.58. The van der Waals surface area contributed by atoms with Gasteiger partial charge in [0.2, 0.25) is 0 Å². The lowest BCUT2D eigenvalue weighted by molar-refractivity contribution is 0.416. The molecule has 1 aliphatic rings. The summed E-state index contributed by atoms with van der Waals surface area (Å²) in [5, 5.41) is 17.6. The highest BCUT2D eigenvalue weighted by atomic mass is 16.5. The molecule has 1 aliphatic carbocycles. The highest BCUT2D eigenvalue weighted by Crippen LogP contribution is 2.36. The maximum Gasteiger partial charge on any atom is 0.126 e. The lowest BCUT2D eigenvalue weighted by atomic mass is 10.0. The third-order valence-corrected chi connectivity index (χ3v) is 5.62. The summed E-state index contributed by atoms with van der Waals surface area (Å²) in [4.78, 5) is 0. The van der Waals surface area contributed by atoms with Gasteiger partial charge in [-0.1, -0.05) is 6.07 Å². The second-order valence-electron chi connectivity index (χ2n) is 7.60. The highest BCUT2D eigenvalue weighted by molar-refractivity contribution is 5.93. The predicted molar refractivity (Wildman–Crippen MR) is 114 cm³/mol. The first-order chi connectivity index (χ1) is 14.2. The highest BCUT2D eigenvalue weighted by Gasteiger charge is 2.28. The van der Waals surface area contributed by atoms with E-state index in [1.54, 1.807) is 13.3 Å². The molecule has 2 aromatic heterocycles. The summed E-state index contributed by atoms with van der Waals surface area (Å²) in [7, 11) is 1.69. The van der Waals surface area contributed by atoms with Crippen LogP contribution in [0, 0.1) is 5.92 Å². The Bertz CT molecular complexity index is 1150. The average Bonchev–Trinajstić information content (AvgIpc) is 3.47. The molecule has 0 amide bonds. The van der Waals surface area contributed by atoms with E-state index in [1.165, 1.54) is 12.8 Å². The molecule has 1 N–H and O–H groups in total. The smallest absolute Gasteiger partial charge is 0.126 e. The van der Waals surface area contributed by atoms with E-state index in [2.05, 4.69) is 51.8 Å². The van der Waals surface area contributed by atoms with Gasteiger partial charge in [0.15, 0.2) is 0 Å². The Morgan fingerprint density at radius 2 is 2.07 bits per heavy atom. The van der Waals surface area contributed by atoms with Crippen LogP contribution in [0.3, 0.4) is 0 Å². The maximum absolute atomic E-state index is 5.62. The third-order valence-electron chi connectivity index (χ3n) is 5.62. The van der Waals surface area contributed by atoms with Crippen molar-refractivity contribution in [1.29, 1.82) is 0 Å². The number of nitrogens with one attached hydrogen (secondary N) is 1. The standard InChI is InChI=1S/C23H23N5O/c1-15(16-4-5-16)26-22-14-24-27-21-12-17(6-8-19(21)22)20-13-18(7-9-23(20)29-2)28-11-3-10-25-28/h3,6-16H,4-5H2,1-2H3,(H,26,27)/t15-/m1/s1. The molecule has 2 aromatic carbocycles. The maximum atomic E-state index is 5.62. The van der Waals surface area contributed by atoms with Gasteiger partial charge in [0, 0.05) is 29.4 Å². The molecule has 0 radical (unpaired) electrons. The molecule has 29 heavy (non-hydrogen) atoms. The van der Waals surface area contributed by atoms with Gasteiger partial charge in [-0.3, -0.25) is 0 Å². The second kappa shape index (κ2) is 7.20. The van der Waals surface area contributed by atoms with Crippen LogP contribution >= 0.6 is 0 Å². The van der Waals surface area contributed by atoms with Crippen LogP contribution in [0.15, 0.2) is 61.1 Å². The summed E-state index contributed by atoms with van der Waals surface area (Å²) in [6, 6.07) is 14.7. The molecule has 0 saturated heterocycles. The van der Waals surface area contributed by atoms with Crippen molar-refractivity contribution in [1.82, 2.24) is 20.0 Å². The monoisotopic (exact) mass is 385 g/mol. The van der Waals surface area contributed by atoms with E-state index in [0.29, 0.717) is 6.04 Å². The topological polar surface area (TPSA) is 64.9 Å². The summed E-state index contributed by atoms with van der Waals surface area (Å²) < 4.78 is 7.45. The second-order valence-corrected chi connectivity index (χ2v) is 7.60.